The maximum absolute atomic E-state index is 13.3. The molecule has 0 N–H and O–H groups in total. The molecule has 2 aromatic carbocycles. The fourth-order valence-corrected chi connectivity index (χ4v) is 1.70. The number of rotatable bonds is 3. The summed E-state index contributed by atoms with van der Waals surface area (Å²) >= 11 is 0. The van der Waals surface area contributed by atoms with Crippen molar-refractivity contribution in [2.24, 2.45) is 0 Å². The van der Waals surface area contributed by atoms with Crippen LogP contribution in [-0.4, -0.2) is 5.78 Å². The van der Waals surface area contributed by atoms with Crippen molar-refractivity contribution < 1.29 is 18.0 Å². The highest BCUT2D eigenvalue weighted by Crippen LogP contribution is 2.14. The third-order valence-electron chi connectivity index (χ3n) is 2.84. The van der Waals surface area contributed by atoms with E-state index < -0.39 is 17.5 Å². The Bertz CT molecular complexity index is 635. The van der Waals surface area contributed by atoms with E-state index in [1.54, 1.807) is 6.92 Å². The molecule has 0 fully saturated rings. The van der Waals surface area contributed by atoms with E-state index in [0.717, 1.165) is 18.2 Å². The Balaban J connectivity index is 2.20. The van der Waals surface area contributed by atoms with Gasteiger partial charge in [0.25, 0.3) is 0 Å². The molecule has 19 heavy (non-hydrogen) atoms. The predicted molar refractivity (Wildman–Crippen MR) is 65.5 cm³/mol. The first-order valence-electron chi connectivity index (χ1n) is 5.70. The molecule has 0 unspecified atom stereocenters. The fourth-order valence-electron chi connectivity index (χ4n) is 1.70. The van der Waals surface area contributed by atoms with E-state index in [1.807, 2.05) is 0 Å². The van der Waals surface area contributed by atoms with E-state index in [2.05, 4.69) is 0 Å². The molecule has 98 valence electrons. The highest BCUT2D eigenvalue weighted by atomic mass is 19.2. The monoisotopic (exact) mass is 264 g/mol. The second-order valence-corrected chi connectivity index (χ2v) is 4.31. The Morgan fingerprint density at radius 3 is 2.32 bits per heavy atom. The molecule has 4 heteroatoms. The van der Waals surface area contributed by atoms with E-state index in [9.17, 15) is 18.0 Å². The molecule has 0 amide bonds. The molecule has 0 bridgehead atoms. The first-order chi connectivity index (χ1) is 8.97. The molecule has 0 aliphatic rings. The lowest BCUT2D eigenvalue weighted by atomic mass is 10.0. The number of carbonyl (C=O) groups is 1. The zero-order chi connectivity index (χ0) is 14.0. The Morgan fingerprint density at radius 1 is 0.947 bits per heavy atom. The smallest absolute Gasteiger partial charge is 0.167 e. The number of ketones is 1. The van der Waals surface area contributed by atoms with Crippen molar-refractivity contribution in [1.29, 1.82) is 0 Å². The van der Waals surface area contributed by atoms with E-state index in [4.69, 9.17) is 0 Å². The van der Waals surface area contributed by atoms with Crippen molar-refractivity contribution in [2.45, 2.75) is 13.3 Å². The number of hydrogen-bond acceptors (Lipinski definition) is 1. The minimum absolute atomic E-state index is 0.0975. The number of Topliss-reactive ketones (excluding diaryl/α,β-unsaturated/α-hetero) is 1. The van der Waals surface area contributed by atoms with Crippen LogP contribution in [0.15, 0.2) is 36.4 Å². The summed E-state index contributed by atoms with van der Waals surface area (Å²) in [5, 5.41) is 0. The van der Waals surface area contributed by atoms with E-state index in [1.165, 1.54) is 18.2 Å². The molecule has 0 heterocycles. The van der Waals surface area contributed by atoms with Gasteiger partial charge in [-0.2, -0.15) is 0 Å². The zero-order valence-electron chi connectivity index (χ0n) is 10.2. The summed E-state index contributed by atoms with van der Waals surface area (Å²) in [6.45, 7) is 1.60. The summed E-state index contributed by atoms with van der Waals surface area (Å²) in [5.74, 6) is -2.76. The van der Waals surface area contributed by atoms with Gasteiger partial charge in [-0.1, -0.05) is 18.2 Å². The van der Waals surface area contributed by atoms with Gasteiger partial charge in [-0.05, 0) is 36.2 Å². The summed E-state index contributed by atoms with van der Waals surface area (Å²) < 4.78 is 39.1. The van der Waals surface area contributed by atoms with Gasteiger partial charge < -0.3 is 0 Å². The number of aryl methyl sites for hydroxylation is 1. The fraction of sp³-hybridized carbons (Fsp3) is 0.133. The predicted octanol–water partition coefficient (Wildman–Crippen LogP) is 3.84. The van der Waals surface area contributed by atoms with Crippen LogP contribution in [0.5, 0.6) is 0 Å². The molecule has 0 saturated heterocycles. The summed E-state index contributed by atoms with van der Waals surface area (Å²) in [6, 6.07) is 7.44. The van der Waals surface area contributed by atoms with Gasteiger partial charge in [-0.15, -0.1) is 0 Å². The van der Waals surface area contributed by atoms with Crippen LogP contribution in [0, 0.1) is 24.4 Å². The van der Waals surface area contributed by atoms with Gasteiger partial charge in [0, 0.05) is 12.0 Å². The molecule has 0 saturated carbocycles. The van der Waals surface area contributed by atoms with E-state index in [0.29, 0.717) is 11.1 Å². The summed E-state index contributed by atoms with van der Waals surface area (Å²) in [5.41, 5.74) is 1.02. The van der Waals surface area contributed by atoms with Crippen molar-refractivity contribution in [2.75, 3.05) is 0 Å². The van der Waals surface area contributed by atoms with Gasteiger partial charge in [0.1, 0.15) is 5.82 Å². The minimum atomic E-state index is -1.000. The van der Waals surface area contributed by atoms with E-state index >= 15 is 0 Å². The van der Waals surface area contributed by atoms with E-state index in [-0.39, 0.29) is 17.8 Å². The van der Waals surface area contributed by atoms with Crippen LogP contribution >= 0.6 is 0 Å². The van der Waals surface area contributed by atoms with Gasteiger partial charge in [0.05, 0.1) is 0 Å². The summed E-state index contributed by atoms with van der Waals surface area (Å²) in [6.07, 6.45) is -0.0975. The lowest BCUT2D eigenvalue weighted by Crippen LogP contribution is -2.05. The Hall–Kier alpha value is -2.10. The molecule has 2 aromatic rings. The molecule has 0 atom stereocenters. The largest absolute Gasteiger partial charge is 0.294 e. The van der Waals surface area contributed by atoms with Crippen molar-refractivity contribution in [1.82, 2.24) is 0 Å². The Labute approximate surface area is 108 Å². The maximum Gasteiger partial charge on any atom is 0.167 e. The molecule has 0 aliphatic carbocycles. The molecular weight excluding hydrogens is 253 g/mol. The number of hydrogen-bond donors (Lipinski definition) is 0. The lowest BCUT2D eigenvalue weighted by molar-refractivity contribution is 0.0992. The zero-order valence-corrected chi connectivity index (χ0v) is 10.2. The van der Waals surface area contributed by atoms with Gasteiger partial charge in [-0.25, -0.2) is 13.2 Å². The molecule has 0 aliphatic heterocycles. The molecule has 0 aromatic heterocycles. The molecule has 1 nitrogen and oxygen atoms in total. The number of benzene rings is 2. The molecule has 0 radical (unpaired) electrons. The summed E-state index contributed by atoms with van der Waals surface area (Å²) in [7, 11) is 0. The second kappa shape index (κ2) is 5.26. The van der Waals surface area contributed by atoms with Crippen molar-refractivity contribution in [3.05, 3.63) is 70.5 Å². The average Bonchev–Trinajstić information content (AvgIpc) is 2.37. The standard InChI is InChI=1S/C15H11F3O/c1-9-2-4-11(8-13(9)17)15(19)7-10-3-5-12(16)14(18)6-10/h2-6,8H,7H2,1H3. The normalized spacial score (nSPS) is 10.5. The highest BCUT2D eigenvalue weighted by molar-refractivity contribution is 5.97. The highest BCUT2D eigenvalue weighted by Gasteiger charge is 2.11. The topological polar surface area (TPSA) is 17.1 Å². The minimum Gasteiger partial charge on any atom is -0.294 e. The molecule has 0 spiro atoms. The van der Waals surface area contributed by atoms with Crippen LogP contribution in [0.25, 0.3) is 0 Å². The van der Waals surface area contributed by atoms with Crippen LogP contribution in [-0.2, 0) is 6.42 Å². The lowest BCUT2D eigenvalue weighted by Gasteiger charge is -2.04. The maximum atomic E-state index is 13.3. The SMILES string of the molecule is Cc1ccc(C(=O)Cc2ccc(F)c(F)c2)cc1F. The second-order valence-electron chi connectivity index (χ2n) is 4.31. The van der Waals surface area contributed by atoms with Gasteiger partial charge in [-0.3, -0.25) is 4.79 Å². The van der Waals surface area contributed by atoms with Crippen molar-refractivity contribution in [3.8, 4) is 0 Å². The molecular formula is C15H11F3O. The third-order valence-corrected chi connectivity index (χ3v) is 2.84. The first-order valence-corrected chi connectivity index (χ1v) is 5.70. The first kappa shape index (κ1) is 13.3. The van der Waals surface area contributed by atoms with Gasteiger partial charge >= 0.3 is 0 Å². The van der Waals surface area contributed by atoms with Crippen LogP contribution in [0.4, 0.5) is 13.2 Å². The quantitative estimate of drug-likeness (QED) is 0.770. The summed E-state index contributed by atoms with van der Waals surface area (Å²) in [4.78, 5) is 11.9. The number of carbonyl (C=O) groups excluding carboxylic acids is 1. The van der Waals surface area contributed by atoms with Crippen LogP contribution in [0.2, 0.25) is 0 Å². The van der Waals surface area contributed by atoms with Gasteiger partial charge in [0.15, 0.2) is 17.4 Å². The Morgan fingerprint density at radius 2 is 1.68 bits per heavy atom. The van der Waals surface area contributed by atoms with Crippen LogP contribution in [0.3, 0.4) is 0 Å². The average molecular weight is 264 g/mol. The van der Waals surface area contributed by atoms with Crippen molar-refractivity contribution >= 4 is 5.78 Å². The van der Waals surface area contributed by atoms with Gasteiger partial charge in [0.2, 0.25) is 0 Å². The van der Waals surface area contributed by atoms with Crippen LogP contribution < -0.4 is 0 Å². The molecule has 2 rings (SSSR count). The van der Waals surface area contributed by atoms with Crippen molar-refractivity contribution in [3.63, 3.8) is 0 Å². The van der Waals surface area contributed by atoms with Crippen LogP contribution in [0.1, 0.15) is 21.5 Å². The third kappa shape index (κ3) is 3.02. The number of halogens is 3. The Kier molecular flexibility index (Phi) is 3.69.